The highest BCUT2D eigenvalue weighted by atomic mass is 16.3. The highest BCUT2D eigenvalue weighted by Crippen LogP contribution is 2.13. The van der Waals surface area contributed by atoms with Crippen molar-refractivity contribution >= 4 is 5.82 Å². The second-order valence-corrected chi connectivity index (χ2v) is 3.94. The van der Waals surface area contributed by atoms with Gasteiger partial charge in [0.1, 0.15) is 17.3 Å². The molecule has 90 valence electrons. The SMILES string of the molecule is Cc1ccc(CN(C)c2cnc(CN)cn2)o1. The molecule has 0 saturated heterocycles. The summed E-state index contributed by atoms with van der Waals surface area (Å²) in [5.41, 5.74) is 6.26. The number of rotatable bonds is 4. The zero-order chi connectivity index (χ0) is 12.3. The van der Waals surface area contributed by atoms with Gasteiger partial charge in [-0.2, -0.15) is 0 Å². The number of nitrogens with two attached hydrogens (primary N) is 1. The molecule has 2 rings (SSSR count). The number of furan rings is 1. The van der Waals surface area contributed by atoms with Gasteiger partial charge in [0.15, 0.2) is 0 Å². The molecule has 0 saturated carbocycles. The Morgan fingerprint density at radius 1 is 1.29 bits per heavy atom. The molecule has 0 bridgehead atoms. The van der Waals surface area contributed by atoms with Gasteiger partial charge in [-0.25, -0.2) is 4.98 Å². The first kappa shape index (κ1) is 11.6. The maximum Gasteiger partial charge on any atom is 0.147 e. The molecule has 0 spiro atoms. The summed E-state index contributed by atoms with van der Waals surface area (Å²) in [4.78, 5) is 10.5. The summed E-state index contributed by atoms with van der Waals surface area (Å²) in [5, 5.41) is 0. The second-order valence-electron chi connectivity index (χ2n) is 3.94. The quantitative estimate of drug-likeness (QED) is 0.864. The maximum absolute atomic E-state index is 5.51. The summed E-state index contributed by atoms with van der Waals surface area (Å²) >= 11 is 0. The summed E-state index contributed by atoms with van der Waals surface area (Å²) in [7, 11) is 1.95. The van der Waals surface area contributed by atoms with E-state index in [9.17, 15) is 0 Å². The van der Waals surface area contributed by atoms with Crippen LogP contribution in [0.15, 0.2) is 28.9 Å². The van der Waals surface area contributed by atoms with Crippen LogP contribution in [-0.4, -0.2) is 17.0 Å². The van der Waals surface area contributed by atoms with Crippen LogP contribution in [0.25, 0.3) is 0 Å². The summed E-state index contributed by atoms with van der Waals surface area (Å²) < 4.78 is 5.51. The lowest BCUT2D eigenvalue weighted by Crippen LogP contribution is -2.17. The third-order valence-corrected chi connectivity index (χ3v) is 2.48. The van der Waals surface area contributed by atoms with Gasteiger partial charge in [-0.15, -0.1) is 0 Å². The zero-order valence-electron chi connectivity index (χ0n) is 10.1. The first-order valence-electron chi connectivity index (χ1n) is 5.46. The van der Waals surface area contributed by atoms with Crippen molar-refractivity contribution in [3.63, 3.8) is 0 Å². The molecule has 2 heterocycles. The third-order valence-electron chi connectivity index (χ3n) is 2.48. The Balaban J connectivity index is 2.06. The molecule has 0 atom stereocenters. The van der Waals surface area contributed by atoms with Gasteiger partial charge in [0.05, 0.1) is 24.6 Å². The van der Waals surface area contributed by atoms with Crippen molar-refractivity contribution in [1.82, 2.24) is 9.97 Å². The lowest BCUT2D eigenvalue weighted by atomic mass is 10.4. The van der Waals surface area contributed by atoms with Crippen LogP contribution in [0.2, 0.25) is 0 Å². The first-order valence-corrected chi connectivity index (χ1v) is 5.46. The smallest absolute Gasteiger partial charge is 0.147 e. The van der Waals surface area contributed by atoms with E-state index >= 15 is 0 Å². The van der Waals surface area contributed by atoms with E-state index in [0.29, 0.717) is 13.1 Å². The van der Waals surface area contributed by atoms with Gasteiger partial charge < -0.3 is 15.1 Å². The molecule has 5 heteroatoms. The van der Waals surface area contributed by atoms with Crippen LogP contribution in [-0.2, 0) is 13.1 Å². The van der Waals surface area contributed by atoms with E-state index in [4.69, 9.17) is 10.2 Å². The molecule has 2 N–H and O–H groups in total. The highest BCUT2D eigenvalue weighted by molar-refractivity contribution is 5.35. The summed E-state index contributed by atoms with van der Waals surface area (Å²) in [6.45, 7) is 3.01. The Morgan fingerprint density at radius 2 is 2.12 bits per heavy atom. The predicted octanol–water partition coefficient (Wildman–Crippen LogP) is 1.47. The summed E-state index contributed by atoms with van der Waals surface area (Å²) in [6, 6.07) is 3.92. The maximum atomic E-state index is 5.51. The van der Waals surface area contributed by atoms with E-state index in [-0.39, 0.29) is 0 Å². The van der Waals surface area contributed by atoms with E-state index in [1.807, 2.05) is 31.0 Å². The molecule has 17 heavy (non-hydrogen) atoms. The van der Waals surface area contributed by atoms with Gasteiger partial charge in [-0.3, -0.25) is 4.98 Å². The fourth-order valence-corrected chi connectivity index (χ4v) is 1.54. The Kier molecular flexibility index (Phi) is 3.39. The fourth-order valence-electron chi connectivity index (χ4n) is 1.54. The average molecular weight is 232 g/mol. The number of anilines is 1. The van der Waals surface area contributed by atoms with Gasteiger partial charge in [0.2, 0.25) is 0 Å². The molecule has 0 radical (unpaired) electrons. The van der Waals surface area contributed by atoms with E-state index in [2.05, 4.69) is 9.97 Å². The van der Waals surface area contributed by atoms with Gasteiger partial charge in [-0.1, -0.05) is 0 Å². The van der Waals surface area contributed by atoms with E-state index in [1.165, 1.54) is 0 Å². The van der Waals surface area contributed by atoms with E-state index in [0.717, 1.165) is 23.0 Å². The molecule has 0 aliphatic rings. The topological polar surface area (TPSA) is 68.2 Å². The van der Waals surface area contributed by atoms with E-state index < -0.39 is 0 Å². The minimum atomic E-state index is 0.411. The van der Waals surface area contributed by atoms with Crippen molar-refractivity contribution in [2.24, 2.45) is 5.73 Å². The molecule has 0 amide bonds. The second kappa shape index (κ2) is 4.97. The largest absolute Gasteiger partial charge is 0.464 e. The Labute approximate surface area is 100 Å². The van der Waals surface area contributed by atoms with Crippen LogP contribution in [0, 0.1) is 6.92 Å². The van der Waals surface area contributed by atoms with Crippen LogP contribution in [0.5, 0.6) is 0 Å². The Bertz CT molecular complexity index is 478. The fraction of sp³-hybridized carbons (Fsp3) is 0.333. The average Bonchev–Trinajstić information content (AvgIpc) is 2.75. The minimum absolute atomic E-state index is 0.411. The van der Waals surface area contributed by atoms with Crippen molar-refractivity contribution in [3.05, 3.63) is 41.7 Å². The van der Waals surface area contributed by atoms with Crippen molar-refractivity contribution in [3.8, 4) is 0 Å². The number of aromatic nitrogens is 2. The van der Waals surface area contributed by atoms with Crippen molar-refractivity contribution in [2.75, 3.05) is 11.9 Å². The van der Waals surface area contributed by atoms with Gasteiger partial charge in [0.25, 0.3) is 0 Å². The van der Waals surface area contributed by atoms with Crippen LogP contribution < -0.4 is 10.6 Å². The van der Waals surface area contributed by atoms with Gasteiger partial charge in [0, 0.05) is 13.6 Å². The lowest BCUT2D eigenvalue weighted by Gasteiger charge is -2.16. The normalized spacial score (nSPS) is 10.5. The van der Waals surface area contributed by atoms with Crippen molar-refractivity contribution in [2.45, 2.75) is 20.0 Å². The van der Waals surface area contributed by atoms with Crippen molar-refractivity contribution in [1.29, 1.82) is 0 Å². The van der Waals surface area contributed by atoms with Crippen molar-refractivity contribution < 1.29 is 4.42 Å². The number of hydrogen-bond acceptors (Lipinski definition) is 5. The lowest BCUT2D eigenvalue weighted by molar-refractivity contribution is 0.481. The van der Waals surface area contributed by atoms with Crippen LogP contribution >= 0.6 is 0 Å². The Morgan fingerprint density at radius 3 is 2.65 bits per heavy atom. The number of hydrogen-bond donors (Lipinski definition) is 1. The monoisotopic (exact) mass is 232 g/mol. The van der Waals surface area contributed by atoms with Crippen LogP contribution in [0.4, 0.5) is 5.82 Å². The first-order chi connectivity index (χ1) is 8.19. The molecule has 5 nitrogen and oxygen atoms in total. The summed E-state index contributed by atoms with van der Waals surface area (Å²) in [6.07, 6.45) is 3.41. The van der Waals surface area contributed by atoms with Gasteiger partial charge in [-0.05, 0) is 19.1 Å². The molecule has 0 unspecified atom stereocenters. The Hall–Kier alpha value is -1.88. The van der Waals surface area contributed by atoms with Crippen LogP contribution in [0.3, 0.4) is 0 Å². The van der Waals surface area contributed by atoms with E-state index in [1.54, 1.807) is 12.4 Å². The zero-order valence-corrected chi connectivity index (χ0v) is 10.1. The predicted molar refractivity (Wildman–Crippen MR) is 65.5 cm³/mol. The molecule has 2 aromatic rings. The summed E-state index contributed by atoms with van der Waals surface area (Å²) in [5.74, 6) is 2.63. The molecule has 2 aromatic heterocycles. The minimum Gasteiger partial charge on any atom is -0.464 e. The molecule has 0 fully saturated rings. The molecular weight excluding hydrogens is 216 g/mol. The standard InChI is InChI=1S/C12H16N4O/c1-9-3-4-11(17-9)8-16(2)12-7-14-10(5-13)6-15-12/h3-4,6-7H,5,8,13H2,1-2H3. The molecule has 0 aromatic carbocycles. The third kappa shape index (κ3) is 2.82. The van der Waals surface area contributed by atoms with Crippen LogP contribution in [0.1, 0.15) is 17.2 Å². The number of aryl methyl sites for hydroxylation is 1. The highest BCUT2D eigenvalue weighted by Gasteiger charge is 2.06. The van der Waals surface area contributed by atoms with Gasteiger partial charge >= 0.3 is 0 Å². The number of nitrogens with zero attached hydrogens (tertiary/aromatic N) is 3. The molecular formula is C12H16N4O. The molecule has 0 aliphatic carbocycles. The molecule has 0 aliphatic heterocycles.